The van der Waals surface area contributed by atoms with Crippen molar-refractivity contribution in [3.05, 3.63) is 59.9 Å². The maximum Gasteiger partial charge on any atom is 0.245 e. The molecule has 142 valence electrons. The summed E-state index contributed by atoms with van der Waals surface area (Å²) in [6.45, 7) is 3.53. The molecule has 1 fully saturated rings. The highest BCUT2D eigenvalue weighted by molar-refractivity contribution is 7.89. The van der Waals surface area contributed by atoms with Crippen molar-refractivity contribution in [2.24, 2.45) is 0 Å². The molecular formula is C20H19N5O2S. The lowest BCUT2D eigenvalue weighted by Gasteiger charge is -2.35. The van der Waals surface area contributed by atoms with Gasteiger partial charge in [0, 0.05) is 44.0 Å². The Bertz CT molecular complexity index is 1180. The summed E-state index contributed by atoms with van der Waals surface area (Å²) >= 11 is 0. The molecule has 1 saturated heterocycles. The van der Waals surface area contributed by atoms with Crippen molar-refractivity contribution in [2.45, 2.75) is 11.8 Å². The molecule has 7 nitrogen and oxygen atoms in total. The molecule has 0 radical (unpaired) electrons. The molecule has 1 aliphatic heterocycles. The maximum absolute atomic E-state index is 13.3. The van der Waals surface area contributed by atoms with Gasteiger partial charge in [-0.25, -0.2) is 13.4 Å². The third-order valence-electron chi connectivity index (χ3n) is 4.87. The Morgan fingerprint density at radius 2 is 1.86 bits per heavy atom. The summed E-state index contributed by atoms with van der Waals surface area (Å²) in [5, 5.41) is 10.1. The van der Waals surface area contributed by atoms with Crippen LogP contribution in [0.2, 0.25) is 0 Å². The van der Waals surface area contributed by atoms with Crippen LogP contribution in [0.4, 0.5) is 5.82 Å². The van der Waals surface area contributed by atoms with Crippen LogP contribution in [0.25, 0.3) is 10.9 Å². The van der Waals surface area contributed by atoms with Crippen LogP contribution in [0.1, 0.15) is 11.1 Å². The summed E-state index contributed by atoms with van der Waals surface area (Å²) in [5.74, 6) is 0.601. The number of para-hydroxylation sites is 1. The van der Waals surface area contributed by atoms with E-state index in [9.17, 15) is 13.7 Å². The van der Waals surface area contributed by atoms with E-state index in [0.717, 1.165) is 10.9 Å². The number of pyridine rings is 2. The zero-order valence-electron chi connectivity index (χ0n) is 15.4. The van der Waals surface area contributed by atoms with Crippen molar-refractivity contribution in [2.75, 3.05) is 31.1 Å². The molecule has 8 heteroatoms. The fraction of sp³-hybridized carbons (Fsp3) is 0.250. The van der Waals surface area contributed by atoms with Crippen molar-refractivity contribution in [3.8, 4) is 6.07 Å². The van der Waals surface area contributed by atoms with Gasteiger partial charge in [-0.3, -0.25) is 4.98 Å². The third kappa shape index (κ3) is 3.19. The Kier molecular flexibility index (Phi) is 4.71. The van der Waals surface area contributed by atoms with Gasteiger partial charge in [0.2, 0.25) is 10.0 Å². The van der Waals surface area contributed by atoms with E-state index in [1.807, 2.05) is 24.0 Å². The number of anilines is 1. The summed E-state index contributed by atoms with van der Waals surface area (Å²) in [7, 11) is -3.66. The minimum atomic E-state index is -3.66. The number of fused-ring (bicyclic) bond motifs is 1. The van der Waals surface area contributed by atoms with E-state index in [4.69, 9.17) is 0 Å². The number of hydrogen-bond acceptors (Lipinski definition) is 6. The second-order valence-corrected chi connectivity index (χ2v) is 8.62. The average molecular weight is 393 g/mol. The van der Waals surface area contributed by atoms with Gasteiger partial charge in [0.15, 0.2) is 0 Å². The number of benzene rings is 1. The van der Waals surface area contributed by atoms with Gasteiger partial charge in [-0.2, -0.15) is 9.57 Å². The first-order chi connectivity index (χ1) is 13.5. The minimum Gasteiger partial charge on any atom is -0.353 e. The van der Waals surface area contributed by atoms with E-state index in [2.05, 4.69) is 16.0 Å². The molecule has 0 saturated carbocycles. The van der Waals surface area contributed by atoms with Crippen molar-refractivity contribution < 1.29 is 8.42 Å². The Hall–Kier alpha value is -3.02. The highest BCUT2D eigenvalue weighted by Crippen LogP contribution is 2.26. The molecule has 1 aliphatic rings. The van der Waals surface area contributed by atoms with E-state index in [-0.39, 0.29) is 4.90 Å². The predicted octanol–water partition coefficient (Wildman–Crippen LogP) is 2.32. The third-order valence-corrected chi connectivity index (χ3v) is 6.80. The van der Waals surface area contributed by atoms with Crippen LogP contribution < -0.4 is 4.90 Å². The number of aryl methyl sites for hydroxylation is 1. The van der Waals surface area contributed by atoms with Crippen molar-refractivity contribution in [1.29, 1.82) is 5.26 Å². The molecule has 2 aromatic heterocycles. The van der Waals surface area contributed by atoms with Gasteiger partial charge < -0.3 is 4.90 Å². The summed E-state index contributed by atoms with van der Waals surface area (Å²) in [6, 6.07) is 12.7. The molecule has 3 aromatic rings. The molecule has 0 aliphatic carbocycles. The maximum atomic E-state index is 13.3. The number of aromatic nitrogens is 2. The lowest BCUT2D eigenvalue weighted by molar-refractivity contribution is 0.384. The van der Waals surface area contributed by atoms with Crippen LogP contribution >= 0.6 is 0 Å². The highest BCUT2D eigenvalue weighted by Gasteiger charge is 2.31. The molecule has 0 spiro atoms. The summed E-state index contributed by atoms with van der Waals surface area (Å²) in [6.07, 6.45) is 3.33. The molecule has 0 N–H and O–H groups in total. The normalized spacial score (nSPS) is 15.5. The number of nitrogens with zero attached hydrogens (tertiary/aromatic N) is 5. The predicted molar refractivity (Wildman–Crippen MR) is 106 cm³/mol. The number of rotatable bonds is 3. The van der Waals surface area contributed by atoms with Gasteiger partial charge >= 0.3 is 0 Å². The van der Waals surface area contributed by atoms with Gasteiger partial charge in [-0.15, -0.1) is 0 Å². The first-order valence-electron chi connectivity index (χ1n) is 8.96. The molecule has 0 amide bonds. The van der Waals surface area contributed by atoms with Crippen molar-refractivity contribution in [3.63, 3.8) is 0 Å². The topological polar surface area (TPSA) is 90.2 Å². The molecule has 0 atom stereocenters. The number of nitriles is 1. The van der Waals surface area contributed by atoms with Crippen LogP contribution in [-0.4, -0.2) is 48.9 Å². The molecule has 0 unspecified atom stereocenters. The second kappa shape index (κ2) is 7.19. The van der Waals surface area contributed by atoms with E-state index >= 15 is 0 Å². The molecule has 4 rings (SSSR count). The van der Waals surface area contributed by atoms with Crippen LogP contribution in [0.15, 0.2) is 53.7 Å². The van der Waals surface area contributed by atoms with E-state index in [0.29, 0.717) is 43.1 Å². The fourth-order valence-corrected chi connectivity index (χ4v) is 5.05. The van der Waals surface area contributed by atoms with Crippen LogP contribution in [0.5, 0.6) is 0 Å². The first kappa shape index (κ1) is 18.3. The lowest BCUT2D eigenvalue weighted by atomic mass is 10.2. The summed E-state index contributed by atoms with van der Waals surface area (Å²) < 4.78 is 28.0. The number of piperazine rings is 1. The number of sulfonamides is 1. The molecule has 28 heavy (non-hydrogen) atoms. The summed E-state index contributed by atoms with van der Waals surface area (Å²) in [4.78, 5) is 10.8. The zero-order valence-corrected chi connectivity index (χ0v) is 16.2. The van der Waals surface area contributed by atoms with Crippen molar-refractivity contribution >= 4 is 26.7 Å². The Morgan fingerprint density at radius 3 is 2.61 bits per heavy atom. The Morgan fingerprint density at radius 1 is 1.07 bits per heavy atom. The SMILES string of the molecule is Cc1cnc2c(S(=O)(=O)N3CCN(c4ncccc4C#N)CC3)cccc2c1. The van der Waals surface area contributed by atoms with Gasteiger partial charge in [0.25, 0.3) is 0 Å². The largest absolute Gasteiger partial charge is 0.353 e. The number of hydrogen-bond donors (Lipinski definition) is 0. The quantitative estimate of drug-likeness (QED) is 0.678. The first-order valence-corrected chi connectivity index (χ1v) is 10.4. The molecular weight excluding hydrogens is 374 g/mol. The average Bonchev–Trinajstić information content (AvgIpc) is 2.73. The highest BCUT2D eigenvalue weighted by atomic mass is 32.2. The monoisotopic (exact) mass is 393 g/mol. The second-order valence-electron chi connectivity index (χ2n) is 6.72. The van der Waals surface area contributed by atoms with E-state index in [1.165, 1.54) is 4.31 Å². The standard InChI is InChI=1S/C20H19N5O2S/c1-15-12-16-4-2-6-18(19(16)23-14-15)28(26,27)25-10-8-24(9-11-25)20-17(13-21)5-3-7-22-20/h2-7,12,14H,8-11H2,1H3. The van der Waals surface area contributed by atoms with Crippen molar-refractivity contribution in [1.82, 2.24) is 14.3 Å². The Balaban J connectivity index is 1.60. The van der Waals surface area contributed by atoms with E-state index < -0.39 is 10.0 Å². The van der Waals surface area contributed by atoms with Crippen LogP contribution in [-0.2, 0) is 10.0 Å². The minimum absolute atomic E-state index is 0.231. The molecule has 1 aromatic carbocycles. The van der Waals surface area contributed by atoms with Gasteiger partial charge in [-0.1, -0.05) is 12.1 Å². The summed E-state index contributed by atoms with van der Waals surface area (Å²) in [5.41, 5.74) is 1.97. The van der Waals surface area contributed by atoms with Crippen LogP contribution in [0, 0.1) is 18.3 Å². The smallest absolute Gasteiger partial charge is 0.245 e. The Labute approximate surface area is 163 Å². The van der Waals surface area contributed by atoms with Gasteiger partial charge in [0.1, 0.15) is 16.8 Å². The zero-order chi connectivity index (χ0) is 19.7. The lowest BCUT2D eigenvalue weighted by Crippen LogP contribution is -2.49. The van der Waals surface area contributed by atoms with Gasteiger partial charge in [-0.05, 0) is 36.8 Å². The van der Waals surface area contributed by atoms with Crippen LogP contribution in [0.3, 0.4) is 0 Å². The fourth-order valence-electron chi connectivity index (χ4n) is 3.47. The van der Waals surface area contributed by atoms with E-state index in [1.54, 1.807) is 36.7 Å². The molecule has 3 heterocycles. The van der Waals surface area contributed by atoms with Gasteiger partial charge in [0.05, 0.1) is 11.1 Å². The molecule has 0 bridgehead atoms.